The van der Waals surface area contributed by atoms with Gasteiger partial charge in [0.25, 0.3) is 0 Å². The van der Waals surface area contributed by atoms with Crippen LogP contribution < -0.4 is 10.5 Å². The zero-order valence-corrected chi connectivity index (χ0v) is 12.8. The predicted octanol–water partition coefficient (Wildman–Crippen LogP) is 3.03. The molecule has 19 heavy (non-hydrogen) atoms. The van der Waals surface area contributed by atoms with Crippen molar-refractivity contribution < 1.29 is 4.74 Å². The molecule has 3 heteroatoms. The Hall–Kier alpha value is -1.06. The van der Waals surface area contributed by atoms with Gasteiger partial charge in [-0.05, 0) is 44.1 Å². The normalized spacial score (nSPS) is 14.4. The van der Waals surface area contributed by atoms with Crippen LogP contribution in [0.15, 0.2) is 24.3 Å². The van der Waals surface area contributed by atoms with Crippen LogP contribution in [0.3, 0.4) is 0 Å². The van der Waals surface area contributed by atoms with Crippen LogP contribution in [0.25, 0.3) is 0 Å². The number of rotatable bonds is 8. The second-order valence-corrected chi connectivity index (χ2v) is 5.20. The number of benzene rings is 1. The van der Waals surface area contributed by atoms with Gasteiger partial charge in [0.1, 0.15) is 5.75 Å². The van der Waals surface area contributed by atoms with Crippen molar-refractivity contribution in [2.75, 3.05) is 19.7 Å². The van der Waals surface area contributed by atoms with Crippen LogP contribution >= 0.6 is 0 Å². The van der Waals surface area contributed by atoms with Gasteiger partial charge < -0.3 is 10.5 Å². The summed E-state index contributed by atoms with van der Waals surface area (Å²) in [5, 5.41) is 0. The van der Waals surface area contributed by atoms with E-state index >= 15 is 0 Å². The van der Waals surface area contributed by atoms with E-state index in [1.807, 2.05) is 12.1 Å². The molecule has 3 nitrogen and oxygen atoms in total. The first-order chi connectivity index (χ1) is 9.03. The topological polar surface area (TPSA) is 38.5 Å². The van der Waals surface area contributed by atoms with Crippen LogP contribution in [0.4, 0.5) is 0 Å². The van der Waals surface area contributed by atoms with E-state index < -0.39 is 0 Å². The molecule has 0 radical (unpaired) electrons. The van der Waals surface area contributed by atoms with Crippen molar-refractivity contribution in [2.24, 2.45) is 5.73 Å². The van der Waals surface area contributed by atoms with Crippen molar-refractivity contribution in [2.45, 2.75) is 46.2 Å². The third-order valence-corrected chi connectivity index (χ3v) is 3.42. The molecule has 0 aliphatic carbocycles. The smallest absolute Gasteiger partial charge is 0.119 e. The van der Waals surface area contributed by atoms with Crippen LogP contribution in [0, 0.1) is 0 Å². The summed E-state index contributed by atoms with van der Waals surface area (Å²) in [5.41, 5.74) is 7.36. The fourth-order valence-electron chi connectivity index (χ4n) is 2.44. The van der Waals surface area contributed by atoms with Crippen molar-refractivity contribution in [1.29, 1.82) is 0 Å². The molecular formula is C16H28N2O. The third kappa shape index (κ3) is 4.84. The molecule has 0 aromatic heterocycles. The summed E-state index contributed by atoms with van der Waals surface area (Å²) in [6.45, 7) is 11.2. The largest absolute Gasteiger partial charge is 0.494 e. The first-order valence-corrected chi connectivity index (χ1v) is 7.29. The average Bonchev–Trinajstić information content (AvgIpc) is 2.37. The summed E-state index contributed by atoms with van der Waals surface area (Å²) in [5.74, 6) is 0.940. The lowest BCUT2D eigenvalue weighted by Crippen LogP contribution is -2.55. The lowest BCUT2D eigenvalue weighted by atomic mass is 10.00. The van der Waals surface area contributed by atoms with E-state index in [1.165, 1.54) is 5.56 Å². The summed E-state index contributed by atoms with van der Waals surface area (Å²) >= 11 is 0. The van der Waals surface area contributed by atoms with Gasteiger partial charge in [0.15, 0.2) is 0 Å². The molecule has 0 saturated carbocycles. The minimum Gasteiger partial charge on any atom is -0.494 e. The molecule has 0 fully saturated rings. The maximum Gasteiger partial charge on any atom is 0.119 e. The maximum absolute atomic E-state index is 6.45. The Balaban J connectivity index is 2.75. The highest BCUT2D eigenvalue weighted by Crippen LogP contribution is 2.19. The number of nitrogens with zero attached hydrogens (tertiary/aromatic N) is 1. The summed E-state index contributed by atoms with van der Waals surface area (Å²) in [7, 11) is 0. The van der Waals surface area contributed by atoms with Gasteiger partial charge in [0, 0.05) is 6.42 Å². The predicted molar refractivity (Wildman–Crippen MR) is 81.4 cm³/mol. The van der Waals surface area contributed by atoms with Crippen molar-refractivity contribution in [3.63, 3.8) is 0 Å². The SMILES string of the molecule is CCCOc1cccc(CC(C)(N)N(CC)CC)c1. The third-order valence-electron chi connectivity index (χ3n) is 3.42. The van der Waals surface area contributed by atoms with Crippen molar-refractivity contribution >= 4 is 0 Å². The van der Waals surface area contributed by atoms with E-state index in [9.17, 15) is 0 Å². The van der Waals surface area contributed by atoms with E-state index in [0.717, 1.165) is 38.3 Å². The Kier molecular flexibility index (Phi) is 6.32. The van der Waals surface area contributed by atoms with Crippen molar-refractivity contribution in [3.05, 3.63) is 29.8 Å². The highest BCUT2D eigenvalue weighted by atomic mass is 16.5. The molecule has 0 heterocycles. The quantitative estimate of drug-likeness (QED) is 0.733. The van der Waals surface area contributed by atoms with Gasteiger partial charge in [-0.1, -0.05) is 32.9 Å². The fraction of sp³-hybridized carbons (Fsp3) is 0.625. The van der Waals surface area contributed by atoms with Crippen LogP contribution in [0.2, 0.25) is 0 Å². The molecule has 0 amide bonds. The molecule has 1 rings (SSSR count). The summed E-state index contributed by atoms with van der Waals surface area (Å²) < 4.78 is 5.67. The van der Waals surface area contributed by atoms with Gasteiger partial charge in [-0.3, -0.25) is 4.90 Å². The van der Waals surface area contributed by atoms with Gasteiger partial charge in [-0.15, -0.1) is 0 Å². The minimum atomic E-state index is -0.313. The summed E-state index contributed by atoms with van der Waals surface area (Å²) in [6.07, 6.45) is 1.86. The Morgan fingerprint density at radius 2 is 1.89 bits per heavy atom. The van der Waals surface area contributed by atoms with E-state index in [-0.39, 0.29) is 5.66 Å². The minimum absolute atomic E-state index is 0.313. The van der Waals surface area contributed by atoms with Crippen LogP contribution in [-0.2, 0) is 6.42 Å². The van der Waals surface area contributed by atoms with E-state index in [2.05, 4.69) is 44.7 Å². The monoisotopic (exact) mass is 264 g/mol. The number of likely N-dealkylation sites (N-methyl/N-ethyl adjacent to an activating group) is 1. The molecule has 1 unspecified atom stereocenters. The first kappa shape index (κ1) is 16.0. The zero-order chi connectivity index (χ0) is 14.3. The van der Waals surface area contributed by atoms with Gasteiger partial charge >= 0.3 is 0 Å². The molecular weight excluding hydrogens is 236 g/mol. The number of nitrogens with two attached hydrogens (primary N) is 1. The van der Waals surface area contributed by atoms with Gasteiger partial charge in [-0.2, -0.15) is 0 Å². The lowest BCUT2D eigenvalue weighted by Gasteiger charge is -2.37. The molecule has 1 atom stereocenters. The fourth-order valence-corrected chi connectivity index (χ4v) is 2.44. The molecule has 0 bridgehead atoms. The maximum atomic E-state index is 6.45. The highest BCUT2D eigenvalue weighted by Gasteiger charge is 2.25. The lowest BCUT2D eigenvalue weighted by molar-refractivity contribution is 0.123. The summed E-state index contributed by atoms with van der Waals surface area (Å²) in [6, 6.07) is 8.26. The summed E-state index contributed by atoms with van der Waals surface area (Å²) in [4.78, 5) is 2.28. The Labute approximate surface area is 117 Å². The molecule has 0 aliphatic heterocycles. The van der Waals surface area contributed by atoms with E-state index in [4.69, 9.17) is 10.5 Å². The Morgan fingerprint density at radius 1 is 1.21 bits per heavy atom. The number of hydrogen-bond acceptors (Lipinski definition) is 3. The van der Waals surface area contributed by atoms with Crippen LogP contribution in [-0.4, -0.2) is 30.3 Å². The molecule has 0 saturated heterocycles. The standard InChI is InChI=1S/C16H28N2O/c1-5-11-19-15-10-8-9-14(12-15)13-16(4,17)18(6-2)7-3/h8-10,12H,5-7,11,13,17H2,1-4H3. The van der Waals surface area contributed by atoms with Crippen molar-refractivity contribution in [3.8, 4) is 5.75 Å². The van der Waals surface area contributed by atoms with Crippen molar-refractivity contribution in [1.82, 2.24) is 4.90 Å². The molecule has 1 aromatic rings. The van der Waals surface area contributed by atoms with Gasteiger partial charge in [0.2, 0.25) is 0 Å². The molecule has 1 aromatic carbocycles. The van der Waals surface area contributed by atoms with Crippen LogP contribution in [0.1, 0.15) is 39.7 Å². The average molecular weight is 264 g/mol. The molecule has 2 N–H and O–H groups in total. The zero-order valence-electron chi connectivity index (χ0n) is 12.8. The molecule has 108 valence electrons. The molecule has 0 spiro atoms. The number of hydrogen-bond donors (Lipinski definition) is 1. The van der Waals surface area contributed by atoms with E-state index in [1.54, 1.807) is 0 Å². The van der Waals surface area contributed by atoms with Gasteiger partial charge in [0.05, 0.1) is 12.3 Å². The Bertz CT molecular complexity index is 373. The Morgan fingerprint density at radius 3 is 2.47 bits per heavy atom. The molecule has 0 aliphatic rings. The van der Waals surface area contributed by atoms with E-state index in [0.29, 0.717) is 0 Å². The van der Waals surface area contributed by atoms with Gasteiger partial charge in [-0.25, -0.2) is 0 Å². The number of ether oxygens (including phenoxy) is 1. The highest BCUT2D eigenvalue weighted by molar-refractivity contribution is 5.29. The second-order valence-electron chi connectivity index (χ2n) is 5.20. The van der Waals surface area contributed by atoms with Crippen LogP contribution in [0.5, 0.6) is 5.75 Å². The first-order valence-electron chi connectivity index (χ1n) is 7.29. The second kappa shape index (κ2) is 7.51.